The average molecular weight is 233 g/mol. The third kappa shape index (κ3) is 1.75. The van der Waals surface area contributed by atoms with Gasteiger partial charge in [0.2, 0.25) is 0 Å². The van der Waals surface area contributed by atoms with Crippen LogP contribution >= 0.6 is 0 Å². The fourth-order valence-electron chi connectivity index (χ4n) is 2.28. The fourth-order valence-corrected chi connectivity index (χ4v) is 2.28. The molecule has 1 heterocycles. The molecular formula is C14H16FNO. The second kappa shape index (κ2) is 3.69. The summed E-state index contributed by atoms with van der Waals surface area (Å²) < 4.78 is 13.7. The Morgan fingerprint density at radius 2 is 2.00 bits per heavy atom. The summed E-state index contributed by atoms with van der Waals surface area (Å²) in [6.07, 6.45) is 2.68. The van der Waals surface area contributed by atoms with Crippen LogP contribution in [0.25, 0.3) is 5.57 Å². The number of rotatable bonds is 1. The van der Waals surface area contributed by atoms with Crippen molar-refractivity contribution in [3.05, 3.63) is 35.2 Å². The highest BCUT2D eigenvalue weighted by molar-refractivity contribution is 5.86. The van der Waals surface area contributed by atoms with E-state index in [0.29, 0.717) is 6.29 Å². The van der Waals surface area contributed by atoms with E-state index in [2.05, 4.69) is 19.9 Å². The number of likely N-dealkylation sites (N-methyl/N-ethyl adjacent to an activating group) is 1. The van der Waals surface area contributed by atoms with Gasteiger partial charge in [0.05, 0.1) is 11.1 Å². The maximum Gasteiger partial charge on any atom is 0.153 e. The van der Waals surface area contributed by atoms with Crippen molar-refractivity contribution in [1.29, 1.82) is 0 Å². The standard InChI is InChI=1S/C14H16FNO/c1-9-7-14(2,3)16(4)13-6-12(15)10(8-17)5-11(9)13/h5-8H,1-4H3. The molecule has 2 rings (SSSR count). The molecule has 0 unspecified atom stereocenters. The first-order valence-electron chi connectivity index (χ1n) is 5.59. The molecule has 17 heavy (non-hydrogen) atoms. The first-order valence-corrected chi connectivity index (χ1v) is 5.59. The molecule has 1 aromatic rings. The van der Waals surface area contributed by atoms with Crippen molar-refractivity contribution in [2.45, 2.75) is 26.3 Å². The van der Waals surface area contributed by atoms with Gasteiger partial charge in [-0.15, -0.1) is 0 Å². The molecule has 0 saturated carbocycles. The minimum Gasteiger partial charge on any atom is -0.365 e. The van der Waals surface area contributed by atoms with Crippen LogP contribution in [0.5, 0.6) is 0 Å². The second-order valence-electron chi connectivity index (χ2n) is 5.05. The molecule has 3 heteroatoms. The van der Waals surface area contributed by atoms with Crippen LogP contribution in [-0.4, -0.2) is 18.9 Å². The van der Waals surface area contributed by atoms with Crippen molar-refractivity contribution < 1.29 is 9.18 Å². The average Bonchev–Trinajstić information content (AvgIpc) is 2.25. The second-order valence-corrected chi connectivity index (χ2v) is 5.05. The summed E-state index contributed by atoms with van der Waals surface area (Å²) in [5.41, 5.74) is 2.80. The lowest BCUT2D eigenvalue weighted by Crippen LogP contribution is -2.42. The molecule has 0 aliphatic carbocycles. The molecule has 2 nitrogen and oxygen atoms in total. The Labute approximate surface area is 101 Å². The lowest BCUT2D eigenvalue weighted by Gasteiger charge is -2.40. The number of halogens is 1. The Kier molecular flexibility index (Phi) is 2.57. The number of carbonyl (C=O) groups excluding carboxylic acids is 1. The van der Waals surface area contributed by atoms with Gasteiger partial charge in [-0.25, -0.2) is 4.39 Å². The molecule has 1 aliphatic rings. The molecule has 0 atom stereocenters. The molecule has 1 aromatic carbocycles. The van der Waals surface area contributed by atoms with E-state index in [9.17, 15) is 9.18 Å². The molecular weight excluding hydrogens is 217 g/mol. The summed E-state index contributed by atoms with van der Waals surface area (Å²) in [5.74, 6) is -0.462. The van der Waals surface area contributed by atoms with Gasteiger partial charge in [-0.1, -0.05) is 6.08 Å². The number of fused-ring (bicyclic) bond motifs is 1. The SMILES string of the molecule is CC1=CC(C)(C)N(C)c2cc(F)c(C=O)cc21. The first kappa shape index (κ1) is 11.8. The quantitative estimate of drug-likeness (QED) is 0.694. The Morgan fingerprint density at radius 1 is 1.35 bits per heavy atom. The van der Waals surface area contributed by atoms with Crippen molar-refractivity contribution in [3.63, 3.8) is 0 Å². The minimum atomic E-state index is -0.462. The van der Waals surface area contributed by atoms with Crippen LogP contribution in [0.1, 0.15) is 36.7 Å². The van der Waals surface area contributed by atoms with E-state index in [0.717, 1.165) is 16.8 Å². The monoisotopic (exact) mass is 233 g/mol. The summed E-state index contributed by atoms with van der Waals surface area (Å²) in [7, 11) is 1.93. The van der Waals surface area contributed by atoms with E-state index >= 15 is 0 Å². The minimum absolute atomic E-state index is 0.115. The molecule has 0 amide bonds. The zero-order valence-corrected chi connectivity index (χ0v) is 10.5. The highest BCUT2D eigenvalue weighted by Crippen LogP contribution is 2.38. The van der Waals surface area contributed by atoms with Gasteiger partial charge in [0, 0.05) is 18.3 Å². The van der Waals surface area contributed by atoms with E-state index in [1.807, 2.05) is 18.9 Å². The summed E-state index contributed by atoms with van der Waals surface area (Å²) in [5, 5.41) is 0. The van der Waals surface area contributed by atoms with Gasteiger partial charge in [0.1, 0.15) is 5.82 Å². The molecule has 0 radical (unpaired) electrons. The number of aldehydes is 1. The van der Waals surface area contributed by atoms with Gasteiger partial charge >= 0.3 is 0 Å². The Balaban J connectivity index is 2.70. The van der Waals surface area contributed by atoms with Crippen molar-refractivity contribution in [3.8, 4) is 0 Å². The number of hydrogen-bond donors (Lipinski definition) is 0. The number of nitrogens with zero attached hydrogens (tertiary/aromatic N) is 1. The zero-order chi connectivity index (χ0) is 12.8. The van der Waals surface area contributed by atoms with Gasteiger partial charge < -0.3 is 4.90 Å². The lowest BCUT2D eigenvalue weighted by molar-refractivity contribution is 0.112. The van der Waals surface area contributed by atoms with Gasteiger partial charge in [-0.3, -0.25) is 4.79 Å². The van der Waals surface area contributed by atoms with Crippen LogP contribution in [0, 0.1) is 5.82 Å². The van der Waals surface area contributed by atoms with Crippen LogP contribution in [0.15, 0.2) is 18.2 Å². The molecule has 90 valence electrons. The highest BCUT2D eigenvalue weighted by atomic mass is 19.1. The highest BCUT2D eigenvalue weighted by Gasteiger charge is 2.29. The summed E-state index contributed by atoms with van der Waals surface area (Å²) >= 11 is 0. The van der Waals surface area contributed by atoms with E-state index < -0.39 is 5.82 Å². The Morgan fingerprint density at radius 3 is 2.59 bits per heavy atom. The van der Waals surface area contributed by atoms with Gasteiger partial charge in [0.25, 0.3) is 0 Å². The number of anilines is 1. The predicted octanol–water partition coefficient (Wildman–Crippen LogP) is 3.27. The first-order chi connectivity index (χ1) is 7.86. The summed E-state index contributed by atoms with van der Waals surface area (Å²) in [4.78, 5) is 12.8. The number of allylic oxidation sites excluding steroid dienone is 1. The molecule has 0 fully saturated rings. The Hall–Kier alpha value is -1.64. The van der Waals surface area contributed by atoms with Gasteiger partial charge in [-0.05, 0) is 38.5 Å². The predicted molar refractivity (Wildman–Crippen MR) is 67.9 cm³/mol. The normalized spacial score (nSPS) is 17.5. The third-order valence-electron chi connectivity index (χ3n) is 3.46. The van der Waals surface area contributed by atoms with Gasteiger partial charge in [-0.2, -0.15) is 0 Å². The smallest absolute Gasteiger partial charge is 0.153 e. The molecule has 0 saturated heterocycles. The maximum absolute atomic E-state index is 13.7. The van der Waals surface area contributed by atoms with E-state index in [-0.39, 0.29) is 11.1 Å². The lowest BCUT2D eigenvalue weighted by atomic mass is 9.88. The van der Waals surface area contributed by atoms with Crippen LogP contribution in [0.3, 0.4) is 0 Å². The number of benzene rings is 1. The molecule has 0 aromatic heterocycles. The molecule has 0 bridgehead atoms. The topological polar surface area (TPSA) is 20.3 Å². The number of carbonyl (C=O) groups is 1. The van der Waals surface area contributed by atoms with Crippen LogP contribution < -0.4 is 4.90 Å². The van der Waals surface area contributed by atoms with Crippen molar-refractivity contribution in [2.24, 2.45) is 0 Å². The Bertz CT molecular complexity index is 517. The molecule has 1 aliphatic heterocycles. The summed E-state index contributed by atoms with van der Waals surface area (Å²) in [6, 6.07) is 3.06. The van der Waals surface area contributed by atoms with Crippen molar-refractivity contribution in [2.75, 3.05) is 11.9 Å². The molecule has 0 N–H and O–H groups in total. The van der Waals surface area contributed by atoms with Crippen LogP contribution in [-0.2, 0) is 0 Å². The van der Waals surface area contributed by atoms with Crippen molar-refractivity contribution in [1.82, 2.24) is 0 Å². The van der Waals surface area contributed by atoms with E-state index in [1.54, 1.807) is 6.07 Å². The molecule has 0 spiro atoms. The fraction of sp³-hybridized carbons (Fsp3) is 0.357. The van der Waals surface area contributed by atoms with Gasteiger partial charge in [0.15, 0.2) is 6.29 Å². The van der Waals surface area contributed by atoms with E-state index in [4.69, 9.17) is 0 Å². The maximum atomic E-state index is 13.7. The van der Waals surface area contributed by atoms with Crippen LogP contribution in [0.4, 0.5) is 10.1 Å². The van der Waals surface area contributed by atoms with E-state index in [1.165, 1.54) is 6.07 Å². The zero-order valence-electron chi connectivity index (χ0n) is 10.5. The number of hydrogen-bond acceptors (Lipinski definition) is 2. The van der Waals surface area contributed by atoms with Crippen LogP contribution in [0.2, 0.25) is 0 Å². The van der Waals surface area contributed by atoms with Crippen molar-refractivity contribution >= 4 is 17.5 Å². The third-order valence-corrected chi connectivity index (χ3v) is 3.46. The summed E-state index contributed by atoms with van der Waals surface area (Å²) in [6.45, 7) is 6.13. The largest absolute Gasteiger partial charge is 0.365 e.